The van der Waals surface area contributed by atoms with E-state index in [2.05, 4.69) is 4.98 Å². The molecule has 1 N–H and O–H groups in total. The molecule has 1 aromatic carbocycles. The van der Waals surface area contributed by atoms with Gasteiger partial charge in [0.2, 0.25) is 5.78 Å². The molecule has 0 fully saturated rings. The number of nitrogens with one attached hydrogen (secondary N) is 1. The molecule has 0 bridgehead atoms. The van der Waals surface area contributed by atoms with Crippen LogP contribution >= 0.6 is 0 Å². The Kier molecular flexibility index (Phi) is 4.42. The van der Waals surface area contributed by atoms with Crippen LogP contribution in [0.15, 0.2) is 30.0 Å². The number of nitrogens with zero attached hydrogens (tertiary/aromatic N) is 1. The maximum Gasteiger partial charge on any atom is 0.338 e. The number of carbonyl (C=O) groups is 2. The van der Waals surface area contributed by atoms with Gasteiger partial charge in [-0.05, 0) is 49.9 Å². The standard InChI is InChI=1S/C19H22N2O3/c1-4-24-19(23)12-8-9-16-15(10-12)14-7-5-6-13(11-21(2)3)18(22)17(14)20-16/h8-11,20H,4-7H2,1-3H3/b13-11-. The van der Waals surface area contributed by atoms with Gasteiger partial charge in [-0.3, -0.25) is 4.79 Å². The first-order valence-electron chi connectivity index (χ1n) is 8.24. The lowest BCUT2D eigenvalue weighted by Crippen LogP contribution is -2.09. The summed E-state index contributed by atoms with van der Waals surface area (Å²) in [4.78, 5) is 30.0. The maximum atomic E-state index is 12.8. The summed E-state index contributed by atoms with van der Waals surface area (Å²) in [7, 11) is 3.84. The SMILES string of the molecule is CCOC(=O)c1ccc2[nH]c3c(c2c1)CCC/C(=C/N(C)C)C3=O. The van der Waals surface area contributed by atoms with Crippen molar-refractivity contribution < 1.29 is 14.3 Å². The molecule has 3 rings (SSSR count). The van der Waals surface area contributed by atoms with Crippen molar-refractivity contribution in [2.24, 2.45) is 0 Å². The highest BCUT2D eigenvalue weighted by molar-refractivity contribution is 6.12. The Morgan fingerprint density at radius 2 is 2.12 bits per heavy atom. The molecule has 5 heteroatoms. The Bertz CT molecular complexity index is 830. The minimum Gasteiger partial charge on any atom is -0.462 e. The molecule has 1 aliphatic carbocycles. The number of hydrogen-bond donors (Lipinski definition) is 1. The van der Waals surface area contributed by atoms with Crippen LogP contribution in [0.1, 0.15) is 46.2 Å². The van der Waals surface area contributed by atoms with E-state index in [0.717, 1.165) is 41.3 Å². The average Bonchev–Trinajstić information content (AvgIpc) is 2.83. The predicted molar refractivity (Wildman–Crippen MR) is 93.3 cm³/mol. The van der Waals surface area contributed by atoms with Crippen LogP contribution in [-0.2, 0) is 11.2 Å². The number of esters is 1. The summed E-state index contributed by atoms with van der Waals surface area (Å²) < 4.78 is 5.07. The fourth-order valence-electron chi connectivity index (χ4n) is 3.21. The van der Waals surface area contributed by atoms with Crippen LogP contribution in [0.25, 0.3) is 10.9 Å². The Morgan fingerprint density at radius 3 is 2.83 bits per heavy atom. The molecular formula is C19H22N2O3. The molecule has 126 valence electrons. The van der Waals surface area contributed by atoms with Crippen molar-refractivity contribution in [1.29, 1.82) is 0 Å². The number of rotatable bonds is 3. The lowest BCUT2D eigenvalue weighted by Gasteiger charge is -2.08. The number of fused-ring (bicyclic) bond motifs is 3. The van der Waals surface area contributed by atoms with Gasteiger partial charge in [-0.25, -0.2) is 4.79 Å². The van der Waals surface area contributed by atoms with Gasteiger partial charge in [-0.1, -0.05) is 0 Å². The molecule has 0 saturated carbocycles. The summed E-state index contributed by atoms with van der Waals surface area (Å²) in [6.07, 6.45) is 4.39. The third-order valence-electron chi connectivity index (χ3n) is 4.22. The second kappa shape index (κ2) is 6.51. The number of benzene rings is 1. The van der Waals surface area contributed by atoms with Crippen molar-refractivity contribution in [3.05, 3.63) is 46.8 Å². The molecule has 0 radical (unpaired) electrons. The van der Waals surface area contributed by atoms with Crippen LogP contribution < -0.4 is 0 Å². The number of aromatic amines is 1. The molecule has 0 aliphatic heterocycles. The predicted octanol–water partition coefficient (Wildman–Crippen LogP) is 3.31. The first-order chi connectivity index (χ1) is 11.5. The van der Waals surface area contributed by atoms with E-state index in [1.165, 1.54) is 0 Å². The number of allylic oxidation sites excluding steroid dienone is 1. The Labute approximate surface area is 141 Å². The van der Waals surface area contributed by atoms with E-state index >= 15 is 0 Å². The smallest absolute Gasteiger partial charge is 0.338 e. The van der Waals surface area contributed by atoms with Gasteiger partial charge in [-0.15, -0.1) is 0 Å². The van der Waals surface area contributed by atoms with Crippen LogP contribution in [-0.4, -0.2) is 42.3 Å². The lowest BCUT2D eigenvalue weighted by atomic mass is 10.0. The van der Waals surface area contributed by atoms with Gasteiger partial charge in [0.1, 0.15) is 0 Å². The van der Waals surface area contributed by atoms with Gasteiger partial charge in [0.25, 0.3) is 0 Å². The summed E-state index contributed by atoms with van der Waals surface area (Å²) in [5.41, 5.74) is 3.87. The van der Waals surface area contributed by atoms with E-state index in [-0.39, 0.29) is 11.8 Å². The third kappa shape index (κ3) is 2.94. The maximum absolute atomic E-state index is 12.8. The van der Waals surface area contributed by atoms with Gasteiger partial charge < -0.3 is 14.6 Å². The fraction of sp³-hybridized carbons (Fsp3) is 0.368. The van der Waals surface area contributed by atoms with Crippen molar-refractivity contribution >= 4 is 22.7 Å². The molecule has 1 aliphatic rings. The quantitative estimate of drug-likeness (QED) is 0.534. The van der Waals surface area contributed by atoms with Gasteiger partial charge in [-0.2, -0.15) is 0 Å². The van der Waals surface area contributed by atoms with Crippen LogP contribution in [0, 0.1) is 0 Å². The van der Waals surface area contributed by atoms with Crippen LogP contribution in [0.2, 0.25) is 0 Å². The largest absolute Gasteiger partial charge is 0.462 e. The highest BCUT2D eigenvalue weighted by Crippen LogP contribution is 2.31. The van der Waals surface area contributed by atoms with Gasteiger partial charge in [0, 0.05) is 36.8 Å². The average molecular weight is 326 g/mol. The van der Waals surface area contributed by atoms with Crippen molar-refractivity contribution in [2.45, 2.75) is 26.2 Å². The van der Waals surface area contributed by atoms with Crippen LogP contribution in [0.3, 0.4) is 0 Å². The first kappa shape index (κ1) is 16.3. The van der Waals surface area contributed by atoms with Crippen LogP contribution in [0.5, 0.6) is 0 Å². The Hall–Kier alpha value is -2.56. The van der Waals surface area contributed by atoms with E-state index < -0.39 is 0 Å². The zero-order chi connectivity index (χ0) is 17.3. The number of H-pyrrole nitrogens is 1. The topological polar surface area (TPSA) is 62.4 Å². The number of hydrogen-bond acceptors (Lipinski definition) is 4. The van der Waals surface area contributed by atoms with Crippen molar-refractivity contribution in [1.82, 2.24) is 9.88 Å². The highest BCUT2D eigenvalue weighted by Gasteiger charge is 2.24. The second-order valence-corrected chi connectivity index (χ2v) is 6.26. The Balaban J connectivity index is 2.08. The summed E-state index contributed by atoms with van der Waals surface area (Å²) in [6.45, 7) is 2.13. The monoisotopic (exact) mass is 326 g/mol. The number of aryl methyl sites for hydroxylation is 1. The van der Waals surface area contributed by atoms with E-state index in [4.69, 9.17) is 4.74 Å². The summed E-state index contributed by atoms with van der Waals surface area (Å²) in [6, 6.07) is 5.41. The van der Waals surface area contributed by atoms with Gasteiger partial charge in [0.05, 0.1) is 17.9 Å². The molecule has 24 heavy (non-hydrogen) atoms. The molecule has 5 nitrogen and oxygen atoms in total. The highest BCUT2D eigenvalue weighted by atomic mass is 16.5. The fourth-order valence-corrected chi connectivity index (χ4v) is 3.21. The molecule has 0 atom stereocenters. The number of carbonyl (C=O) groups excluding carboxylic acids is 2. The minimum atomic E-state index is -0.331. The van der Waals surface area contributed by atoms with Gasteiger partial charge >= 0.3 is 5.97 Å². The Morgan fingerprint density at radius 1 is 1.33 bits per heavy atom. The summed E-state index contributed by atoms with van der Waals surface area (Å²) in [5.74, 6) is -0.285. The molecule has 2 aromatic rings. The van der Waals surface area contributed by atoms with Crippen molar-refractivity contribution in [3.8, 4) is 0 Å². The minimum absolute atomic E-state index is 0.0464. The number of aromatic nitrogens is 1. The summed E-state index contributed by atoms with van der Waals surface area (Å²) in [5, 5.41) is 0.940. The van der Waals surface area contributed by atoms with E-state index in [1.807, 2.05) is 37.3 Å². The molecular weight excluding hydrogens is 304 g/mol. The summed E-state index contributed by atoms with van der Waals surface area (Å²) >= 11 is 0. The normalized spacial score (nSPS) is 16.1. The number of Topliss-reactive ketones (excluding diaryl/α,β-unsaturated/α-hetero) is 1. The molecule has 1 heterocycles. The first-order valence-corrected chi connectivity index (χ1v) is 8.24. The number of ether oxygens (including phenoxy) is 1. The molecule has 0 amide bonds. The third-order valence-corrected chi connectivity index (χ3v) is 4.22. The van der Waals surface area contributed by atoms with Crippen LogP contribution in [0.4, 0.5) is 0 Å². The van der Waals surface area contributed by atoms with Gasteiger partial charge in [0.15, 0.2) is 0 Å². The second-order valence-electron chi connectivity index (χ2n) is 6.26. The molecule has 0 unspecified atom stereocenters. The molecule has 0 spiro atoms. The molecule has 0 saturated heterocycles. The lowest BCUT2D eigenvalue weighted by molar-refractivity contribution is 0.0526. The van der Waals surface area contributed by atoms with Crippen molar-refractivity contribution in [2.75, 3.05) is 20.7 Å². The van der Waals surface area contributed by atoms with Crippen molar-refractivity contribution in [3.63, 3.8) is 0 Å². The number of ketones is 1. The van der Waals surface area contributed by atoms with E-state index in [0.29, 0.717) is 17.9 Å². The zero-order valence-corrected chi connectivity index (χ0v) is 14.3. The zero-order valence-electron chi connectivity index (χ0n) is 14.3. The van der Waals surface area contributed by atoms with E-state index in [9.17, 15) is 9.59 Å². The molecule has 1 aromatic heterocycles. The van der Waals surface area contributed by atoms with E-state index in [1.54, 1.807) is 13.0 Å².